The van der Waals surface area contributed by atoms with E-state index < -0.39 is 6.10 Å². The third-order valence-electron chi connectivity index (χ3n) is 3.72. The van der Waals surface area contributed by atoms with Crippen molar-refractivity contribution in [2.45, 2.75) is 32.4 Å². The summed E-state index contributed by atoms with van der Waals surface area (Å²) in [6.07, 6.45) is -0.00376. The highest BCUT2D eigenvalue weighted by molar-refractivity contribution is 6.30. The zero-order valence-corrected chi connectivity index (χ0v) is 14.8. The smallest absolute Gasteiger partial charge is 0.261 e. The number of hydrogen-bond acceptors (Lipinski definition) is 3. The van der Waals surface area contributed by atoms with Crippen molar-refractivity contribution >= 4 is 17.5 Å². The molecule has 4 nitrogen and oxygen atoms in total. The Balaban J connectivity index is 2.04. The summed E-state index contributed by atoms with van der Waals surface area (Å²) in [5.41, 5.74) is 0.926. The van der Waals surface area contributed by atoms with Crippen molar-refractivity contribution < 1.29 is 14.3 Å². The molecular formula is C19H22ClNO3. The van der Waals surface area contributed by atoms with E-state index in [9.17, 15) is 4.79 Å². The van der Waals surface area contributed by atoms with Gasteiger partial charge in [-0.05, 0) is 43.7 Å². The Labute approximate surface area is 147 Å². The van der Waals surface area contributed by atoms with Gasteiger partial charge in [0, 0.05) is 10.6 Å². The summed E-state index contributed by atoms with van der Waals surface area (Å²) < 4.78 is 11.1. The molecule has 0 saturated carbocycles. The molecule has 0 radical (unpaired) electrons. The van der Waals surface area contributed by atoms with E-state index in [4.69, 9.17) is 21.1 Å². The summed E-state index contributed by atoms with van der Waals surface area (Å²) in [6.45, 7) is 3.83. The Kier molecular flexibility index (Phi) is 6.50. The van der Waals surface area contributed by atoms with Crippen LogP contribution in [-0.4, -0.2) is 19.1 Å². The number of hydrogen-bond donors (Lipinski definition) is 1. The van der Waals surface area contributed by atoms with Gasteiger partial charge < -0.3 is 14.8 Å². The molecule has 1 N–H and O–H groups in total. The van der Waals surface area contributed by atoms with Crippen LogP contribution in [0.15, 0.2) is 48.5 Å². The van der Waals surface area contributed by atoms with Crippen LogP contribution in [0.4, 0.5) is 0 Å². The summed E-state index contributed by atoms with van der Waals surface area (Å²) in [6, 6.07) is 14.4. The lowest BCUT2D eigenvalue weighted by atomic mass is 10.1. The van der Waals surface area contributed by atoms with Crippen molar-refractivity contribution in [3.8, 4) is 11.5 Å². The number of methoxy groups -OCH3 is 1. The van der Waals surface area contributed by atoms with Crippen LogP contribution in [-0.2, 0) is 4.79 Å². The van der Waals surface area contributed by atoms with E-state index in [-0.39, 0.29) is 11.9 Å². The Hall–Kier alpha value is -2.20. The largest absolute Gasteiger partial charge is 0.496 e. The molecular weight excluding hydrogens is 326 g/mol. The highest BCUT2D eigenvalue weighted by atomic mass is 35.5. The normalized spacial score (nSPS) is 13.0. The lowest BCUT2D eigenvalue weighted by Crippen LogP contribution is -2.39. The van der Waals surface area contributed by atoms with Crippen molar-refractivity contribution in [3.05, 3.63) is 59.1 Å². The number of carbonyl (C=O) groups excluding carboxylic acids is 1. The van der Waals surface area contributed by atoms with Crippen LogP contribution in [0, 0.1) is 0 Å². The van der Waals surface area contributed by atoms with Crippen LogP contribution in [0.3, 0.4) is 0 Å². The van der Waals surface area contributed by atoms with E-state index in [1.54, 1.807) is 31.4 Å². The topological polar surface area (TPSA) is 47.6 Å². The third-order valence-corrected chi connectivity index (χ3v) is 3.97. The van der Waals surface area contributed by atoms with Gasteiger partial charge >= 0.3 is 0 Å². The molecule has 0 bridgehead atoms. The molecule has 2 aromatic rings. The van der Waals surface area contributed by atoms with E-state index in [2.05, 4.69) is 5.32 Å². The van der Waals surface area contributed by atoms with Crippen molar-refractivity contribution in [3.63, 3.8) is 0 Å². The Morgan fingerprint density at radius 3 is 2.46 bits per heavy atom. The zero-order valence-electron chi connectivity index (χ0n) is 14.1. The molecule has 0 aliphatic carbocycles. The summed E-state index contributed by atoms with van der Waals surface area (Å²) in [5, 5.41) is 3.61. The predicted molar refractivity (Wildman–Crippen MR) is 95.7 cm³/mol. The molecule has 24 heavy (non-hydrogen) atoms. The molecule has 0 heterocycles. The van der Waals surface area contributed by atoms with E-state index in [0.29, 0.717) is 17.2 Å². The third kappa shape index (κ3) is 4.65. The first-order valence-corrected chi connectivity index (χ1v) is 8.28. The minimum absolute atomic E-state index is 0.161. The second-order valence-corrected chi connectivity index (χ2v) is 5.88. The van der Waals surface area contributed by atoms with Gasteiger partial charge in [0.1, 0.15) is 11.5 Å². The molecule has 128 valence electrons. The van der Waals surface area contributed by atoms with E-state index in [0.717, 1.165) is 11.3 Å². The number of para-hydroxylation sites is 1. The highest BCUT2D eigenvalue weighted by Crippen LogP contribution is 2.25. The number of nitrogens with one attached hydrogen (secondary N) is 1. The first kappa shape index (κ1) is 18.1. The number of rotatable bonds is 7. The van der Waals surface area contributed by atoms with Crippen molar-refractivity contribution in [1.82, 2.24) is 5.32 Å². The molecule has 0 unspecified atom stereocenters. The Morgan fingerprint density at radius 1 is 1.17 bits per heavy atom. The summed E-state index contributed by atoms with van der Waals surface area (Å²) in [4.78, 5) is 12.5. The van der Waals surface area contributed by atoms with Crippen molar-refractivity contribution in [1.29, 1.82) is 0 Å². The molecule has 5 heteroatoms. The summed E-state index contributed by atoms with van der Waals surface area (Å²) >= 11 is 5.86. The zero-order chi connectivity index (χ0) is 17.5. The quantitative estimate of drug-likeness (QED) is 0.808. The molecule has 2 atom stereocenters. The van der Waals surface area contributed by atoms with Gasteiger partial charge in [-0.25, -0.2) is 0 Å². The van der Waals surface area contributed by atoms with Gasteiger partial charge in [-0.1, -0.05) is 36.7 Å². The first-order chi connectivity index (χ1) is 11.5. The summed E-state index contributed by atoms with van der Waals surface area (Å²) in [5.74, 6) is 1.20. The van der Waals surface area contributed by atoms with Gasteiger partial charge in [0.05, 0.1) is 13.2 Å². The maximum absolute atomic E-state index is 12.5. The minimum atomic E-state index is -0.566. The van der Waals surface area contributed by atoms with E-state index in [1.165, 1.54) is 0 Å². The number of benzene rings is 2. The SMILES string of the molecule is CC[C@@H](Oc1ccc(Cl)cc1)C(=O)N[C@@H](C)c1ccccc1OC. The molecule has 0 aliphatic rings. The van der Waals surface area contributed by atoms with Crippen LogP contribution in [0.25, 0.3) is 0 Å². The van der Waals surface area contributed by atoms with Crippen LogP contribution in [0.1, 0.15) is 31.9 Å². The maximum atomic E-state index is 12.5. The van der Waals surface area contributed by atoms with Crippen molar-refractivity contribution in [2.24, 2.45) is 0 Å². The predicted octanol–water partition coefficient (Wildman–Crippen LogP) is 4.38. The molecule has 0 spiro atoms. The number of ether oxygens (including phenoxy) is 2. The molecule has 0 aromatic heterocycles. The Morgan fingerprint density at radius 2 is 1.83 bits per heavy atom. The molecule has 1 amide bonds. The van der Waals surface area contributed by atoms with Gasteiger partial charge in [-0.3, -0.25) is 4.79 Å². The van der Waals surface area contributed by atoms with Gasteiger partial charge in [0.2, 0.25) is 0 Å². The number of carbonyl (C=O) groups is 1. The summed E-state index contributed by atoms with van der Waals surface area (Å²) in [7, 11) is 1.62. The van der Waals surface area contributed by atoms with Gasteiger partial charge in [-0.15, -0.1) is 0 Å². The molecule has 0 saturated heterocycles. The fourth-order valence-corrected chi connectivity index (χ4v) is 2.53. The second kappa shape index (κ2) is 8.60. The molecule has 0 fully saturated rings. The minimum Gasteiger partial charge on any atom is -0.496 e. The fourth-order valence-electron chi connectivity index (χ4n) is 2.41. The highest BCUT2D eigenvalue weighted by Gasteiger charge is 2.21. The number of halogens is 1. The molecule has 2 aromatic carbocycles. The lowest BCUT2D eigenvalue weighted by Gasteiger charge is -2.22. The van der Waals surface area contributed by atoms with E-state index >= 15 is 0 Å². The lowest BCUT2D eigenvalue weighted by molar-refractivity contribution is -0.128. The fraction of sp³-hybridized carbons (Fsp3) is 0.316. The van der Waals surface area contributed by atoms with Gasteiger partial charge in [0.15, 0.2) is 6.10 Å². The van der Waals surface area contributed by atoms with Crippen LogP contribution >= 0.6 is 11.6 Å². The maximum Gasteiger partial charge on any atom is 0.261 e. The van der Waals surface area contributed by atoms with Gasteiger partial charge in [-0.2, -0.15) is 0 Å². The van der Waals surface area contributed by atoms with Crippen LogP contribution in [0.5, 0.6) is 11.5 Å². The average molecular weight is 348 g/mol. The second-order valence-electron chi connectivity index (χ2n) is 5.44. The standard InChI is InChI=1S/C19H22ClNO3/c1-4-17(24-15-11-9-14(20)10-12-15)19(22)21-13(2)16-7-5-6-8-18(16)23-3/h5-13,17H,4H2,1-3H3,(H,21,22)/t13-,17+/m0/s1. The monoisotopic (exact) mass is 347 g/mol. The number of amides is 1. The average Bonchev–Trinajstić information content (AvgIpc) is 2.60. The Bertz CT molecular complexity index is 673. The van der Waals surface area contributed by atoms with Crippen molar-refractivity contribution in [2.75, 3.05) is 7.11 Å². The molecule has 0 aliphatic heterocycles. The first-order valence-electron chi connectivity index (χ1n) is 7.90. The van der Waals surface area contributed by atoms with E-state index in [1.807, 2.05) is 38.1 Å². The van der Waals surface area contributed by atoms with Crippen LogP contribution < -0.4 is 14.8 Å². The van der Waals surface area contributed by atoms with Gasteiger partial charge in [0.25, 0.3) is 5.91 Å². The molecule has 2 rings (SSSR count). The van der Waals surface area contributed by atoms with Crippen LogP contribution in [0.2, 0.25) is 5.02 Å².